The van der Waals surface area contributed by atoms with Gasteiger partial charge in [-0.25, -0.2) is 4.79 Å². The van der Waals surface area contributed by atoms with Crippen LogP contribution in [0.3, 0.4) is 0 Å². The van der Waals surface area contributed by atoms with Gasteiger partial charge in [0.05, 0.1) is 18.6 Å². The van der Waals surface area contributed by atoms with E-state index >= 15 is 0 Å². The van der Waals surface area contributed by atoms with Crippen molar-refractivity contribution in [3.8, 4) is 34.5 Å². The number of hydrogen-bond acceptors (Lipinski definition) is 8. The highest BCUT2D eigenvalue weighted by Crippen LogP contribution is 2.30. The molecular formula is C32H26IO8+. The summed E-state index contributed by atoms with van der Waals surface area (Å²) in [7, 11) is 0. The van der Waals surface area contributed by atoms with Gasteiger partial charge in [-0.2, -0.15) is 0 Å². The molecule has 3 atom stereocenters. The number of ether oxygens (including phenoxy) is 5. The van der Waals surface area contributed by atoms with Gasteiger partial charge in [-0.1, -0.05) is 0 Å². The molecule has 208 valence electrons. The van der Waals surface area contributed by atoms with Crippen molar-refractivity contribution >= 4 is 11.9 Å². The molecule has 1 heterocycles. The van der Waals surface area contributed by atoms with E-state index in [0.717, 1.165) is 5.75 Å². The van der Waals surface area contributed by atoms with Crippen LogP contribution in [0, 0.1) is 13.1 Å². The summed E-state index contributed by atoms with van der Waals surface area (Å²) in [4.78, 5) is 23.7. The van der Waals surface area contributed by atoms with E-state index in [4.69, 9.17) is 23.7 Å². The lowest BCUT2D eigenvalue weighted by atomic mass is 9.82. The molecule has 0 amide bonds. The van der Waals surface area contributed by atoms with Gasteiger partial charge < -0.3 is 28.8 Å². The second kappa shape index (κ2) is 12.3. The summed E-state index contributed by atoms with van der Waals surface area (Å²) >= 11 is -0.387. The quantitative estimate of drug-likeness (QED) is 0.119. The molecule has 2 aliphatic rings. The van der Waals surface area contributed by atoms with Gasteiger partial charge >= 0.3 is 33.1 Å². The largest absolute Gasteiger partial charge is 0.457 e. The molecule has 1 N–H and O–H groups in total. The van der Waals surface area contributed by atoms with Crippen LogP contribution in [0.1, 0.15) is 12.8 Å². The number of halogens is 1. The van der Waals surface area contributed by atoms with Crippen molar-refractivity contribution in [2.45, 2.75) is 25.0 Å². The molecule has 1 aliphatic heterocycles. The summed E-state index contributed by atoms with van der Waals surface area (Å²) in [5, 5.41) is 9.63. The summed E-state index contributed by atoms with van der Waals surface area (Å²) in [5.74, 6) is 2.40. The zero-order valence-electron chi connectivity index (χ0n) is 21.8. The minimum absolute atomic E-state index is 0.377. The summed E-state index contributed by atoms with van der Waals surface area (Å²) in [6, 6.07) is 29.8. The van der Waals surface area contributed by atoms with Crippen LogP contribution in [0.4, 0.5) is 0 Å². The standard InChI is InChI=1S/C32H26IO8/c34-29-18-17-28(29)31(35)40-26-13-9-24(10-14-26)38-22-5-1-20(2-6-22)33-21-3-7-23(8-4-21)39-25-11-15-27(16-12-25)41-32(36)30-19-37-30/h1-16,28-30,34H,17-19H2/q+1/t28?,29-,30?/m0/s1. The summed E-state index contributed by atoms with van der Waals surface area (Å²) in [5.41, 5.74) is 0. The molecule has 0 radical (unpaired) electrons. The fourth-order valence-electron chi connectivity index (χ4n) is 4.00. The van der Waals surface area contributed by atoms with Crippen LogP contribution in [0.5, 0.6) is 34.5 Å². The molecule has 0 aromatic heterocycles. The van der Waals surface area contributed by atoms with Gasteiger partial charge in [-0.05, 0) is 110 Å². The predicted octanol–water partition coefficient (Wildman–Crippen LogP) is 2.38. The number of aliphatic hydroxyl groups excluding tert-OH is 1. The van der Waals surface area contributed by atoms with E-state index in [1.54, 1.807) is 48.5 Å². The molecule has 2 fully saturated rings. The molecular weight excluding hydrogens is 639 g/mol. The van der Waals surface area contributed by atoms with Gasteiger partial charge in [0.1, 0.15) is 34.5 Å². The molecule has 1 aliphatic carbocycles. The number of hydrogen-bond donors (Lipinski definition) is 1. The van der Waals surface area contributed by atoms with Gasteiger partial charge in [0, 0.05) is 0 Å². The minimum Gasteiger partial charge on any atom is -0.457 e. The molecule has 41 heavy (non-hydrogen) atoms. The van der Waals surface area contributed by atoms with Crippen molar-refractivity contribution in [2.75, 3.05) is 6.61 Å². The van der Waals surface area contributed by atoms with E-state index in [-0.39, 0.29) is 27.2 Å². The van der Waals surface area contributed by atoms with Gasteiger partial charge in [-0.15, -0.1) is 0 Å². The number of rotatable bonds is 10. The average Bonchev–Trinajstić information content (AvgIpc) is 3.82. The fraction of sp³-hybridized carbons (Fsp3) is 0.188. The number of aliphatic hydroxyl groups is 1. The molecule has 1 saturated carbocycles. The maximum absolute atomic E-state index is 12.1. The molecule has 4 aromatic rings. The number of epoxide rings is 1. The van der Waals surface area contributed by atoms with Crippen LogP contribution in [0.2, 0.25) is 0 Å². The second-order valence-corrected chi connectivity index (χ2v) is 12.6. The highest BCUT2D eigenvalue weighted by molar-refractivity contribution is 5.79. The third kappa shape index (κ3) is 7.24. The number of carbonyl (C=O) groups is 2. The Morgan fingerprint density at radius 1 is 0.610 bits per heavy atom. The smallest absolute Gasteiger partial charge is 0.357 e. The maximum Gasteiger partial charge on any atom is 0.357 e. The van der Waals surface area contributed by atoms with E-state index in [1.807, 2.05) is 24.3 Å². The Balaban J connectivity index is 0.975. The maximum atomic E-state index is 12.1. The zero-order chi connectivity index (χ0) is 28.2. The fourth-order valence-corrected chi connectivity index (χ4v) is 6.15. The first kappa shape index (κ1) is 27.3. The Morgan fingerprint density at radius 2 is 1.00 bits per heavy atom. The molecule has 9 heteroatoms. The molecule has 8 nitrogen and oxygen atoms in total. The number of benzene rings is 4. The first-order valence-electron chi connectivity index (χ1n) is 13.1. The monoisotopic (exact) mass is 665 g/mol. The Morgan fingerprint density at radius 3 is 1.37 bits per heavy atom. The lowest BCUT2D eigenvalue weighted by Gasteiger charge is -2.29. The molecule has 2 unspecified atom stereocenters. The Bertz CT molecular complexity index is 1500. The van der Waals surface area contributed by atoms with Crippen molar-refractivity contribution in [1.29, 1.82) is 0 Å². The van der Waals surface area contributed by atoms with Crippen molar-refractivity contribution in [1.82, 2.24) is 0 Å². The lowest BCUT2D eigenvalue weighted by molar-refractivity contribution is -0.597. The highest BCUT2D eigenvalue weighted by Gasteiger charge is 2.36. The average molecular weight is 665 g/mol. The van der Waals surface area contributed by atoms with E-state index in [1.165, 1.54) is 7.14 Å². The summed E-state index contributed by atoms with van der Waals surface area (Å²) in [6.45, 7) is 0.420. The summed E-state index contributed by atoms with van der Waals surface area (Å²) < 4.78 is 29.9. The van der Waals surface area contributed by atoms with Gasteiger partial charge in [0.2, 0.25) is 0 Å². The van der Waals surface area contributed by atoms with E-state index in [2.05, 4.69) is 24.3 Å². The normalized spacial score (nSPS) is 19.0. The topological polar surface area (TPSA) is 104 Å². The van der Waals surface area contributed by atoms with Crippen molar-refractivity contribution in [2.24, 2.45) is 5.92 Å². The van der Waals surface area contributed by atoms with Crippen LogP contribution < -0.4 is 40.2 Å². The Kier molecular flexibility index (Phi) is 8.17. The van der Waals surface area contributed by atoms with Crippen molar-refractivity contribution < 1.29 is 59.6 Å². The second-order valence-electron chi connectivity index (χ2n) is 9.56. The van der Waals surface area contributed by atoms with E-state index in [0.29, 0.717) is 48.2 Å². The first-order chi connectivity index (χ1) is 20.0. The van der Waals surface area contributed by atoms with Gasteiger partial charge in [-0.3, -0.25) is 4.79 Å². The third-order valence-electron chi connectivity index (χ3n) is 6.54. The Hall–Kier alpha value is -3.93. The molecule has 1 saturated heterocycles. The van der Waals surface area contributed by atoms with Crippen LogP contribution in [-0.2, 0) is 14.3 Å². The lowest BCUT2D eigenvalue weighted by Crippen LogP contribution is -3.61. The van der Waals surface area contributed by atoms with Crippen molar-refractivity contribution in [3.05, 3.63) is 104 Å². The predicted molar refractivity (Wildman–Crippen MR) is 143 cm³/mol. The van der Waals surface area contributed by atoms with Crippen LogP contribution in [0.25, 0.3) is 0 Å². The van der Waals surface area contributed by atoms with Crippen LogP contribution >= 0.6 is 0 Å². The van der Waals surface area contributed by atoms with E-state index in [9.17, 15) is 14.7 Å². The summed E-state index contributed by atoms with van der Waals surface area (Å²) in [6.07, 6.45) is 0.274. The van der Waals surface area contributed by atoms with Crippen molar-refractivity contribution in [3.63, 3.8) is 0 Å². The molecule has 0 bridgehead atoms. The first-order valence-corrected chi connectivity index (χ1v) is 15.3. The highest BCUT2D eigenvalue weighted by atomic mass is 127. The minimum atomic E-state index is -0.595. The molecule has 4 aromatic carbocycles. The van der Waals surface area contributed by atoms with Gasteiger partial charge in [0.25, 0.3) is 0 Å². The number of esters is 2. The Labute approximate surface area is 247 Å². The zero-order valence-corrected chi connectivity index (χ0v) is 23.9. The SMILES string of the molecule is O=C(Oc1ccc(Oc2ccc([I+]c3ccc(Oc4ccc(OC(=O)C5CC[C@@H]5O)cc4)cc3)cc2)cc1)C1CO1. The number of carbonyl (C=O) groups excluding carboxylic acids is 2. The molecule has 6 rings (SSSR count). The van der Waals surface area contributed by atoms with Crippen LogP contribution in [0.15, 0.2) is 97.1 Å². The van der Waals surface area contributed by atoms with E-state index < -0.39 is 24.1 Å². The molecule has 0 spiro atoms. The van der Waals surface area contributed by atoms with Gasteiger partial charge in [0.15, 0.2) is 13.2 Å². The van der Waals surface area contributed by atoms with Crippen LogP contribution in [-0.4, -0.2) is 35.9 Å². The third-order valence-corrected chi connectivity index (χ3v) is 9.22.